The minimum absolute atomic E-state index is 0.0297. The first-order valence-corrected chi connectivity index (χ1v) is 21.7. The second kappa shape index (κ2) is 22.8. The maximum absolute atomic E-state index is 13.7. The van der Waals surface area contributed by atoms with Crippen molar-refractivity contribution in [2.75, 3.05) is 19.6 Å². The van der Waals surface area contributed by atoms with Crippen molar-refractivity contribution in [3.05, 3.63) is 0 Å². The van der Waals surface area contributed by atoms with Gasteiger partial charge in [-0.15, -0.1) is 0 Å². The quantitative estimate of drug-likeness (QED) is 0.0451. The van der Waals surface area contributed by atoms with E-state index in [0.29, 0.717) is 37.6 Å². The van der Waals surface area contributed by atoms with Crippen LogP contribution in [-0.4, -0.2) is 85.1 Å². The fourth-order valence-electron chi connectivity index (χ4n) is 9.10. The Balaban J connectivity index is 1.40. The highest BCUT2D eigenvalue weighted by Crippen LogP contribution is 2.66. The second-order valence-electron chi connectivity index (χ2n) is 17.9. The van der Waals surface area contributed by atoms with Crippen LogP contribution in [0.15, 0.2) is 0 Å². The molecule has 9 atom stereocenters. The molecule has 0 aromatic rings. The summed E-state index contributed by atoms with van der Waals surface area (Å²) in [5.74, 6) is -1.11. The van der Waals surface area contributed by atoms with Gasteiger partial charge in [0.1, 0.15) is 6.04 Å². The van der Waals surface area contributed by atoms with E-state index in [2.05, 4.69) is 43.6 Å². The largest absolute Gasteiger partial charge is 0.461 e. The summed E-state index contributed by atoms with van der Waals surface area (Å²) in [5, 5.41) is 19.4. The molecule has 3 saturated carbocycles. The summed E-state index contributed by atoms with van der Waals surface area (Å²) < 4.78 is 13.0. The van der Waals surface area contributed by atoms with Crippen molar-refractivity contribution in [2.45, 2.75) is 200 Å². The van der Waals surface area contributed by atoms with E-state index < -0.39 is 42.9 Å². The van der Waals surface area contributed by atoms with Gasteiger partial charge in [-0.1, -0.05) is 79.6 Å². The molecule has 1 heterocycles. The Morgan fingerprint density at radius 1 is 0.833 bits per heavy atom. The monoisotopic (exact) mass is 761 g/mol. The molecule has 0 unspecified atom stereocenters. The van der Waals surface area contributed by atoms with E-state index in [4.69, 9.17) is 15.0 Å². The lowest BCUT2D eigenvalue weighted by Gasteiger charge is -2.64. The third kappa shape index (κ3) is 13.4. The number of hydrogen-bond acceptors (Lipinski definition) is 9. The van der Waals surface area contributed by atoms with E-state index in [1.807, 2.05) is 6.92 Å². The van der Waals surface area contributed by atoms with Crippen LogP contribution in [0.2, 0.25) is 5.82 Å². The van der Waals surface area contributed by atoms with Crippen LogP contribution in [0.5, 0.6) is 0 Å². The van der Waals surface area contributed by atoms with Crippen LogP contribution < -0.4 is 21.7 Å². The number of amides is 2. The lowest BCUT2D eigenvalue weighted by Crippen LogP contribution is -2.65. The zero-order valence-electron chi connectivity index (χ0n) is 35.0. The van der Waals surface area contributed by atoms with E-state index in [1.165, 1.54) is 51.9 Å². The van der Waals surface area contributed by atoms with Crippen molar-refractivity contribution in [1.29, 1.82) is 0 Å². The summed E-state index contributed by atoms with van der Waals surface area (Å²) in [6.07, 6.45) is 15.0. The van der Waals surface area contributed by atoms with Crippen molar-refractivity contribution >= 4 is 30.5 Å². The molecule has 1 saturated heterocycles. The lowest BCUT2D eigenvalue weighted by atomic mass is 9.43. The van der Waals surface area contributed by atoms with Crippen LogP contribution in [0.3, 0.4) is 0 Å². The first-order valence-electron chi connectivity index (χ1n) is 21.7. The molecular weight excluding hydrogens is 683 g/mol. The van der Waals surface area contributed by atoms with Crippen LogP contribution in [0.1, 0.15) is 164 Å². The van der Waals surface area contributed by atoms with Gasteiger partial charge in [-0.05, 0) is 108 Å². The van der Waals surface area contributed by atoms with Gasteiger partial charge in [0, 0.05) is 25.2 Å². The van der Waals surface area contributed by atoms with E-state index >= 15 is 0 Å². The third-order valence-corrected chi connectivity index (χ3v) is 12.9. The predicted molar refractivity (Wildman–Crippen MR) is 216 cm³/mol. The molecule has 0 aromatic heterocycles. The number of carbonyl (C=O) groups is 4. The van der Waals surface area contributed by atoms with Gasteiger partial charge in [0.2, 0.25) is 11.8 Å². The van der Waals surface area contributed by atoms with Gasteiger partial charge in [-0.25, -0.2) is 0 Å². The molecule has 12 heteroatoms. The van der Waals surface area contributed by atoms with Gasteiger partial charge >= 0.3 is 7.12 Å². The molecule has 2 bridgehead atoms. The first kappa shape index (κ1) is 46.5. The number of carbonyl (C=O) groups excluding carboxylic acids is 4. The van der Waals surface area contributed by atoms with Crippen molar-refractivity contribution in [1.82, 2.24) is 16.0 Å². The van der Waals surface area contributed by atoms with Crippen LogP contribution in [0, 0.1) is 23.2 Å². The molecule has 6 N–H and O–H groups in total. The van der Waals surface area contributed by atoms with Gasteiger partial charge in [0.05, 0.1) is 23.9 Å². The van der Waals surface area contributed by atoms with Gasteiger partial charge in [-0.2, -0.15) is 0 Å². The predicted octanol–water partition coefficient (Wildman–Crippen LogP) is 6.04. The standard InChI is InChI=1S/C42H77BN4O7/c1-8-9-10-11-12-13-14-18-23-45-24-19-16-21-38(51)47-39(31(4)48)35(50)25-29(2)40(52)46-33(20-15-17-22-44)34(49)26-30(3)43-53-37-28-32-27-36(41(32,5)6)42(37,7)54-43/h29-33,36-37,39,45,48H,8-28,44H2,1-7H3,(H,46,52)(H,47,51)/t29-,30-,31-,32+,33+,36+,37-,39+,42+/m1/s1. The van der Waals surface area contributed by atoms with E-state index in [0.717, 1.165) is 45.2 Å². The zero-order valence-corrected chi connectivity index (χ0v) is 35.0. The number of aliphatic hydroxyl groups excluding tert-OH is 1. The highest BCUT2D eigenvalue weighted by molar-refractivity contribution is 6.47. The molecule has 0 radical (unpaired) electrons. The smallest absolute Gasteiger partial charge is 0.405 e. The topological polar surface area (TPSA) is 169 Å². The Labute approximate surface area is 327 Å². The number of nitrogens with two attached hydrogens (primary N) is 1. The summed E-state index contributed by atoms with van der Waals surface area (Å²) in [6.45, 7) is 16.4. The van der Waals surface area contributed by atoms with Gasteiger partial charge < -0.3 is 36.1 Å². The van der Waals surface area contributed by atoms with Crippen LogP contribution >= 0.6 is 0 Å². The Hall–Kier alpha value is -1.86. The minimum atomic E-state index is -1.11. The highest BCUT2D eigenvalue weighted by atomic mass is 16.7. The summed E-state index contributed by atoms with van der Waals surface area (Å²) in [4.78, 5) is 53.1. The number of ketones is 2. The van der Waals surface area contributed by atoms with Gasteiger partial charge in [0.25, 0.3) is 0 Å². The number of nitrogens with one attached hydrogen (secondary N) is 3. The molecule has 1 aliphatic heterocycles. The Bertz CT molecular complexity index is 1190. The van der Waals surface area contributed by atoms with Crippen molar-refractivity contribution in [3.8, 4) is 0 Å². The lowest BCUT2D eigenvalue weighted by molar-refractivity contribution is -0.199. The van der Waals surface area contributed by atoms with Crippen molar-refractivity contribution < 1.29 is 33.6 Å². The van der Waals surface area contributed by atoms with E-state index in [1.54, 1.807) is 6.92 Å². The molecule has 4 aliphatic rings. The summed E-state index contributed by atoms with van der Waals surface area (Å²) in [5.41, 5.74) is 5.60. The van der Waals surface area contributed by atoms with Gasteiger partial charge in [0.15, 0.2) is 11.6 Å². The van der Waals surface area contributed by atoms with E-state index in [9.17, 15) is 24.3 Å². The molecule has 4 rings (SSSR count). The average Bonchev–Trinajstić information content (AvgIpc) is 3.49. The summed E-state index contributed by atoms with van der Waals surface area (Å²) in [7, 11) is -0.482. The number of rotatable bonds is 29. The number of unbranched alkanes of at least 4 members (excludes halogenated alkanes) is 9. The molecule has 54 heavy (non-hydrogen) atoms. The molecule has 0 spiro atoms. The fraction of sp³-hybridized carbons (Fsp3) is 0.905. The zero-order chi connectivity index (χ0) is 39.9. The molecule has 4 fully saturated rings. The normalized spacial score (nSPS) is 25.5. The first-order chi connectivity index (χ1) is 25.6. The molecule has 310 valence electrons. The maximum atomic E-state index is 13.7. The third-order valence-electron chi connectivity index (χ3n) is 12.9. The highest BCUT2D eigenvalue weighted by Gasteiger charge is 2.68. The van der Waals surface area contributed by atoms with Crippen LogP contribution in [0.4, 0.5) is 0 Å². The maximum Gasteiger partial charge on any atom is 0.461 e. The van der Waals surface area contributed by atoms with Gasteiger partial charge in [-0.3, -0.25) is 19.2 Å². The van der Waals surface area contributed by atoms with E-state index in [-0.39, 0.29) is 53.9 Å². The fourth-order valence-corrected chi connectivity index (χ4v) is 9.10. The number of hydrogen-bond donors (Lipinski definition) is 5. The molecule has 3 aliphatic carbocycles. The second-order valence-corrected chi connectivity index (χ2v) is 17.9. The molecule has 11 nitrogen and oxygen atoms in total. The number of aliphatic hydroxyl groups is 1. The summed E-state index contributed by atoms with van der Waals surface area (Å²) >= 11 is 0. The van der Waals surface area contributed by atoms with Crippen molar-refractivity contribution in [2.24, 2.45) is 28.9 Å². The number of Topliss-reactive ketones (excluding diaryl/α,β-unsaturated/α-hetero) is 2. The Morgan fingerprint density at radius 2 is 1.48 bits per heavy atom. The summed E-state index contributed by atoms with van der Waals surface area (Å²) in [6, 6.07) is -1.83. The van der Waals surface area contributed by atoms with Crippen LogP contribution in [0.25, 0.3) is 0 Å². The average molecular weight is 761 g/mol. The molecule has 2 amide bonds. The Kier molecular flexibility index (Phi) is 19.6. The van der Waals surface area contributed by atoms with Crippen LogP contribution in [-0.2, 0) is 28.5 Å². The Morgan fingerprint density at radius 3 is 2.11 bits per heavy atom. The minimum Gasteiger partial charge on any atom is -0.405 e. The van der Waals surface area contributed by atoms with Crippen molar-refractivity contribution in [3.63, 3.8) is 0 Å². The molecular formula is C42H77BN4O7. The molecule has 0 aromatic carbocycles. The SMILES string of the molecule is CCCCCCCCCCNCCCCC(=O)N[C@H](C(=O)C[C@@H](C)C(=O)N[C@@H](CCCCN)C(=O)C[C@@H](C)B1O[C@@H]2C[C@@H]3C[C@@H](C3(C)C)[C@]2(C)O1)[C@@H](C)O.